The van der Waals surface area contributed by atoms with E-state index in [2.05, 4.69) is 19.2 Å². The van der Waals surface area contributed by atoms with Crippen LogP contribution in [0.5, 0.6) is 0 Å². The molecule has 3 heteroatoms. The molecule has 1 saturated heterocycles. The summed E-state index contributed by atoms with van der Waals surface area (Å²) in [7, 11) is 0. The van der Waals surface area contributed by atoms with E-state index in [4.69, 9.17) is 9.47 Å². The lowest BCUT2D eigenvalue weighted by Crippen LogP contribution is -2.47. The van der Waals surface area contributed by atoms with Crippen LogP contribution in [-0.4, -0.2) is 19.2 Å². The van der Waals surface area contributed by atoms with Gasteiger partial charge in [0.05, 0.1) is 0 Å². The molecule has 13 heavy (non-hydrogen) atoms. The molecular weight excluding hydrogens is 166 g/mol. The van der Waals surface area contributed by atoms with Gasteiger partial charge in [0, 0.05) is 6.04 Å². The van der Waals surface area contributed by atoms with Crippen LogP contribution in [-0.2, 0) is 9.47 Å². The van der Waals surface area contributed by atoms with Gasteiger partial charge < -0.3 is 9.47 Å². The Bertz CT molecular complexity index is 168. The fourth-order valence-corrected chi connectivity index (χ4v) is 2.20. The second kappa shape index (κ2) is 3.95. The minimum absolute atomic E-state index is 0.115. The molecule has 0 bridgehead atoms. The van der Waals surface area contributed by atoms with Gasteiger partial charge in [-0.3, -0.25) is 5.32 Å². The van der Waals surface area contributed by atoms with Crippen molar-refractivity contribution in [2.75, 3.05) is 6.79 Å². The second-order valence-corrected chi connectivity index (χ2v) is 4.46. The minimum atomic E-state index is -0.115. The zero-order valence-corrected chi connectivity index (χ0v) is 8.45. The predicted molar refractivity (Wildman–Crippen MR) is 49.9 cm³/mol. The molecule has 0 amide bonds. The molecule has 3 nitrogen and oxygen atoms in total. The van der Waals surface area contributed by atoms with E-state index in [1.807, 2.05) is 0 Å². The molecule has 2 fully saturated rings. The van der Waals surface area contributed by atoms with Gasteiger partial charge in [0.15, 0.2) is 6.79 Å². The van der Waals surface area contributed by atoms with Crippen LogP contribution in [0.4, 0.5) is 0 Å². The van der Waals surface area contributed by atoms with Crippen LogP contribution < -0.4 is 5.32 Å². The SMILES string of the molecule is CC(C)[C@H]1CC[C@@H](NC2OCO2)C1. The Morgan fingerprint density at radius 2 is 2.00 bits per heavy atom. The van der Waals surface area contributed by atoms with Gasteiger partial charge in [-0.1, -0.05) is 13.8 Å². The fourth-order valence-electron chi connectivity index (χ4n) is 2.20. The lowest BCUT2D eigenvalue weighted by molar-refractivity contribution is -0.335. The average molecular weight is 185 g/mol. The van der Waals surface area contributed by atoms with E-state index >= 15 is 0 Å². The van der Waals surface area contributed by atoms with Crippen LogP contribution in [0.3, 0.4) is 0 Å². The van der Waals surface area contributed by atoms with Crippen molar-refractivity contribution in [3.8, 4) is 0 Å². The Balaban J connectivity index is 1.71. The normalized spacial score (nSPS) is 35.3. The molecule has 0 aromatic rings. The quantitative estimate of drug-likeness (QED) is 0.725. The molecule has 76 valence electrons. The molecule has 0 radical (unpaired) electrons. The van der Waals surface area contributed by atoms with Crippen LogP contribution in [0.25, 0.3) is 0 Å². The van der Waals surface area contributed by atoms with Crippen LogP contribution >= 0.6 is 0 Å². The van der Waals surface area contributed by atoms with E-state index in [1.54, 1.807) is 0 Å². The predicted octanol–water partition coefficient (Wildman–Crippen LogP) is 1.69. The smallest absolute Gasteiger partial charge is 0.220 e. The Morgan fingerprint density at radius 3 is 2.46 bits per heavy atom. The molecule has 0 aromatic carbocycles. The molecule has 0 aromatic heterocycles. The maximum atomic E-state index is 5.16. The van der Waals surface area contributed by atoms with Crippen molar-refractivity contribution >= 4 is 0 Å². The van der Waals surface area contributed by atoms with Gasteiger partial charge >= 0.3 is 0 Å². The van der Waals surface area contributed by atoms with Gasteiger partial charge in [0.2, 0.25) is 6.41 Å². The third kappa shape index (κ3) is 2.22. The van der Waals surface area contributed by atoms with Crippen molar-refractivity contribution < 1.29 is 9.47 Å². The highest BCUT2D eigenvalue weighted by atomic mass is 16.9. The average Bonchev–Trinajstić information content (AvgIpc) is 2.44. The maximum absolute atomic E-state index is 5.16. The van der Waals surface area contributed by atoms with Crippen molar-refractivity contribution in [1.82, 2.24) is 5.32 Å². The molecule has 1 N–H and O–H groups in total. The minimum Gasteiger partial charge on any atom is -0.313 e. The highest BCUT2D eigenvalue weighted by molar-refractivity contribution is 4.82. The van der Waals surface area contributed by atoms with Gasteiger partial charge in [0.1, 0.15) is 0 Å². The maximum Gasteiger partial charge on any atom is 0.220 e. The summed E-state index contributed by atoms with van der Waals surface area (Å²) in [6, 6.07) is 0.609. The first-order chi connectivity index (χ1) is 6.25. The molecule has 1 heterocycles. The van der Waals surface area contributed by atoms with Gasteiger partial charge in [-0.2, -0.15) is 0 Å². The summed E-state index contributed by atoms with van der Waals surface area (Å²) in [6.07, 6.45) is 3.78. The van der Waals surface area contributed by atoms with E-state index in [0.29, 0.717) is 12.8 Å². The van der Waals surface area contributed by atoms with E-state index in [9.17, 15) is 0 Å². The first kappa shape index (κ1) is 9.44. The molecule has 2 atom stereocenters. The van der Waals surface area contributed by atoms with Crippen molar-refractivity contribution in [1.29, 1.82) is 0 Å². The third-order valence-electron chi connectivity index (χ3n) is 3.23. The molecule has 1 saturated carbocycles. The van der Waals surface area contributed by atoms with E-state index in [1.165, 1.54) is 19.3 Å². The Morgan fingerprint density at radius 1 is 1.23 bits per heavy atom. The van der Waals surface area contributed by atoms with Crippen molar-refractivity contribution in [3.63, 3.8) is 0 Å². The Kier molecular flexibility index (Phi) is 2.86. The van der Waals surface area contributed by atoms with Gasteiger partial charge in [-0.25, -0.2) is 0 Å². The Hall–Kier alpha value is -0.120. The zero-order valence-electron chi connectivity index (χ0n) is 8.45. The number of rotatable bonds is 3. The monoisotopic (exact) mass is 185 g/mol. The summed E-state index contributed by atoms with van der Waals surface area (Å²) >= 11 is 0. The number of ether oxygens (including phenoxy) is 2. The summed E-state index contributed by atoms with van der Waals surface area (Å²) in [4.78, 5) is 0. The third-order valence-corrected chi connectivity index (χ3v) is 3.23. The van der Waals surface area contributed by atoms with Crippen LogP contribution in [0.2, 0.25) is 0 Å². The van der Waals surface area contributed by atoms with E-state index in [0.717, 1.165) is 11.8 Å². The number of hydrogen-bond donors (Lipinski definition) is 1. The summed E-state index contributed by atoms with van der Waals surface area (Å²) in [5.41, 5.74) is 0. The topological polar surface area (TPSA) is 30.5 Å². The second-order valence-electron chi connectivity index (χ2n) is 4.46. The standard InChI is InChI=1S/C10H19NO2/c1-7(2)8-3-4-9(5-8)11-10-12-6-13-10/h7-11H,3-6H2,1-2H3/t8-,9+/m0/s1. The molecule has 1 aliphatic carbocycles. The molecule has 1 aliphatic heterocycles. The first-order valence-electron chi connectivity index (χ1n) is 5.25. The summed E-state index contributed by atoms with van der Waals surface area (Å²) < 4.78 is 10.3. The molecule has 0 unspecified atom stereocenters. The number of hydrogen-bond acceptors (Lipinski definition) is 3. The van der Waals surface area contributed by atoms with E-state index in [-0.39, 0.29) is 6.41 Å². The lowest BCUT2D eigenvalue weighted by atomic mass is 9.94. The van der Waals surface area contributed by atoms with Crippen molar-refractivity contribution in [2.24, 2.45) is 11.8 Å². The van der Waals surface area contributed by atoms with Crippen molar-refractivity contribution in [2.45, 2.75) is 45.6 Å². The number of nitrogens with one attached hydrogen (secondary N) is 1. The lowest BCUT2D eigenvalue weighted by Gasteiger charge is -2.30. The van der Waals surface area contributed by atoms with Crippen molar-refractivity contribution in [3.05, 3.63) is 0 Å². The van der Waals surface area contributed by atoms with Gasteiger partial charge in [-0.15, -0.1) is 0 Å². The first-order valence-corrected chi connectivity index (χ1v) is 5.25. The molecule has 0 spiro atoms. The highest BCUT2D eigenvalue weighted by Crippen LogP contribution is 2.31. The molecular formula is C10H19NO2. The van der Waals surface area contributed by atoms with Crippen LogP contribution in [0, 0.1) is 11.8 Å². The fraction of sp³-hybridized carbons (Fsp3) is 1.00. The zero-order chi connectivity index (χ0) is 9.26. The molecule has 2 rings (SSSR count). The highest BCUT2D eigenvalue weighted by Gasteiger charge is 2.30. The Labute approximate surface area is 79.8 Å². The molecule has 2 aliphatic rings. The van der Waals surface area contributed by atoms with E-state index < -0.39 is 0 Å². The summed E-state index contributed by atoms with van der Waals surface area (Å²) in [6.45, 7) is 5.07. The van der Waals surface area contributed by atoms with Crippen LogP contribution in [0.15, 0.2) is 0 Å². The van der Waals surface area contributed by atoms with Gasteiger partial charge in [-0.05, 0) is 31.1 Å². The summed E-state index contributed by atoms with van der Waals surface area (Å²) in [5.74, 6) is 1.70. The van der Waals surface area contributed by atoms with Gasteiger partial charge in [0.25, 0.3) is 0 Å². The van der Waals surface area contributed by atoms with Crippen LogP contribution in [0.1, 0.15) is 33.1 Å². The summed E-state index contributed by atoms with van der Waals surface area (Å²) in [5, 5.41) is 3.36. The largest absolute Gasteiger partial charge is 0.313 e.